The molecule has 0 aliphatic heterocycles. The van der Waals surface area contributed by atoms with Crippen LogP contribution in [0.15, 0.2) is 34.7 Å². The van der Waals surface area contributed by atoms with Crippen LogP contribution in [0.4, 0.5) is 0 Å². The first-order chi connectivity index (χ1) is 8.09. The zero-order valence-corrected chi connectivity index (χ0v) is 10.1. The monoisotopic (exact) mass is 230 g/mol. The van der Waals surface area contributed by atoms with E-state index in [1.807, 2.05) is 30.3 Å². The molecule has 17 heavy (non-hydrogen) atoms. The van der Waals surface area contributed by atoms with E-state index in [1.54, 1.807) is 21.0 Å². The molecule has 1 aromatic carbocycles. The lowest BCUT2D eigenvalue weighted by Gasteiger charge is -2.06. The van der Waals surface area contributed by atoms with E-state index < -0.39 is 0 Å². The molecule has 1 aromatic heterocycles. The maximum Gasteiger partial charge on any atom is 0.275 e. The maximum absolute atomic E-state index is 11.8. The van der Waals surface area contributed by atoms with E-state index in [9.17, 15) is 4.79 Å². The van der Waals surface area contributed by atoms with Gasteiger partial charge in [0.15, 0.2) is 5.69 Å². The number of aromatic nitrogens is 1. The fraction of sp³-hybridized carbons (Fsp3) is 0.231. The SMILES string of the molecule is Cc1oc(-c2ccccc2)nc1C(=O)N(C)C. The molecule has 0 N–H and O–H groups in total. The van der Waals surface area contributed by atoms with Crippen LogP contribution < -0.4 is 0 Å². The number of aryl methyl sites for hydroxylation is 1. The molecule has 0 saturated heterocycles. The Labute approximate surface area is 99.9 Å². The summed E-state index contributed by atoms with van der Waals surface area (Å²) in [5.41, 5.74) is 1.24. The molecule has 4 nitrogen and oxygen atoms in total. The van der Waals surface area contributed by atoms with Crippen LogP contribution in [0, 0.1) is 6.92 Å². The molecule has 1 heterocycles. The normalized spacial score (nSPS) is 10.3. The number of carbonyl (C=O) groups is 1. The van der Waals surface area contributed by atoms with Crippen molar-refractivity contribution in [2.45, 2.75) is 6.92 Å². The van der Waals surface area contributed by atoms with E-state index in [4.69, 9.17) is 4.42 Å². The molecule has 0 radical (unpaired) electrons. The molecule has 0 spiro atoms. The lowest BCUT2D eigenvalue weighted by Crippen LogP contribution is -2.22. The third-order valence-corrected chi connectivity index (χ3v) is 2.43. The first-order valence-electron chi connectivity index (χ1n) is 5.34. The van der Waals surface area contributed by atoms with Gasteiger partial charge in [0.05, 0.1) is 0 Å². The van der Waals surface area contributed by atoms with Crippen molar-refractivity contribution in [3.63, 3.8) is 0 Å². The minimum absolute atomic E-state index is 0.145. The lowest BCUT2D eigenvalue weighted by molar-refractivity contribution is 0.0821. The maximum atomic E-state index is 11.8. The molecule has 2 aromatic rings. The Balaban J connectivity index is 2.41. The van der Waals surface area contributed by atoms with Crippen molar-refractivity contribution < 1.29 is 9.21 Å². The number of hydrogen-bond acceptors (Lipinski definition) is 3. The van der Waals surface area contributed by atoms with Crippen LogP contribution in [-0.4, -0.2) is 29.9 Å². The number of nitrogens with zero attached hydrogens (tertiary/aromatic N) is 2. The Morgan fingerprint density at radius 1 is 1.24 bits per heavy atom. The van der Waals surface area contributed by atoms with Crippen molar-refractivity contribution in [2.24, 2.45) is 0 Å². The van der Waals surface area contributed by atoms with Gasteiger partial charge in [0.2, 0.25) is 5.89 Å². The highest BCUT2D eigenvalue weighted by Gasteiger charge is 2.19. The van der Waals surface area contributed by atoms with Gasteiger partial charge in [-0.05, 0) is 19.1 Å². The summed E-state index contributed by atoms with van der Waals surface area (Å²) < 4.78 is 5.51. The van der Waals surface area contributed by atoms with Crippen molar-refractivity contribution in [1.82, 2.24) is 9.88 Å². The van der Waals surface area contributed by atoms with Crippen LogP contribution in [-0.2, 0) is 0 Å². The van der Waals surface area contributed by atoms with Gasteiger partial charge >= 0.3 is 0 Å². The van der Waals surface area contributed by atoms with Gasteiger partial charge in [-0.1, -0.05) is 18.2 Å². The van der Waals surface area contributed by atoms with Crippen LogP contribution in [0.1, 0.15) is 16.2 Å². The highest BCUT2D eigenvalue weighted by molar-refractivity contribution is 5.93. The van der Waals surface area contributed by atoms with Gasteiger partial charge in [-0.25, -0.2) is 4.98 Å². The van der Waals surface area contributed by atoms with Gasteiger partial charge in [0.25, 0.3) is 5.91 Å². The average Bonchev–Trinajstić information content (AvgIpc) is 2.71. The summed E-state index contributed by atoms with van der Waals surface area (Å²) in [5, 5.41) is 0. The van der Waals surface area contributed by atoms with Crippen LogP contribution >= 0.6 is 0 Å². The number of oxazole rings is 1. The average molecular weight is 230 g/mol. The molecule has 0 atom stereocenters. The second-order valence-electron chi connectivity index (χ2n) is 3.99. The van der Waals surface area contributed by atoms with Crippen molar-refractivity contribution in [3.05, 3.63) is 41.8 Å². The Morgan fingerprint density at radius 2 is 1.88 bits per heavy atom. The molecular formula is C13H14N2O2. The number of hydrogen-bond donors (Lipinski definition) is 0. The largest absolute Gasteiger partial charge is 0.441 e. The third-order valence-electron chi connectivity index (χ3n) is 2.43. The van der Waals surface area contributed by atoms with Crippen LogP contribution in [0.25, 0.3) is 11.5 Å². The summed E-state index contributed by atoms with van der Waals surface area (Å²) in [6, 6.07) is 9.53. The Morgan fingerprint density at radius 3 is 2.47 bits per heavy atom. The molecule has 0 unspecified atom stereocenters. The molecule has 0 bridgehead atoms. The smallest absolute Gasteiger partial charge is 0.275 e. The van der Waals surface area contributed by atoms with E-state index in [0.717, 1.165) is 5.56 Å². The van der Waals surface area contributed by atoms with Gasteiger partial charge in [-0.2, -0.15) is 0 Å². The van der Waals surface area contributed by atoms with Crippen molar-refractivity contribution in [3.8, 4) is 11.5 Å². The molecule has 4 heteroatoms. The molecule has 0 fully saturated rings. The summed E-state index contributed by atoms with van der Waals surface area (Å²) in [6.45, 7) is 1.75. The zero-order valence-electron chi connectivity index (χ0n) is 10.1. The van der Waals surface area contributed by atoms with E-state index in [1.165, 1.54) is 4.90 Å². The van der Waals surface area contributed by atoms with Crippen molar-refractivity contribution in [1.29, 1.82) is 0 Å². The lowest BCUT2D eigenvalue weighted by atomic mass is 10.2. The van der Waals surface area contributed by atoms with Gasteiger partial charge in [-0.15, -0.1) is 0 Å². The number of benzene rings is 1. The predicted molar refractivity (Wildman–Crippen MR) is 64.7 cm³/mol. The molecule has 88 valence electrons. The fourth-order valence-corrected chi connectivity index (χ4v) is 1.51. The number of rotatable bonds is 2. The Hall–Kier alpha value is -2.10. The Kier molecular flexibility index (Phi) is 2.95. The highest BCUT2D eigenvalue weighted by atomic mass is 16.4. The summed E-state index contributed by atoms with van der Waals surface area (Å²) in [6.07, 6.45) is 0. The predicted octanol–water partition coefficient (Wildman–Crippen LogP) is 2.35. The summed E-state index contributed by atoms with van der Waals surface area (Å²) >= 11 is 0. The second-order valence-corrected chi connectivity index (χ2v) is 3.99. The number of carbonyl (C=O) groups excluding carboxylic acids is 1. The number of amides is 1. The first-order valence-corrected chi connectivity index (χ1v) is 5.34. The van der Waals surface area contributed by atoms with Crippen LogP contribution in [0.2, 0.25) is 0 Å². The van der Waals surface area contributed by atoms with Gasteiger partial charge in [-0.3, -0.25) is 4.79 Å². The third kappa shape index (κ3) is 2.20. The van der Waals surface area contributed by atoms with E-state index >= 15 is 0 Å². The molecule has 2 rings (SSSR count). The van der Waals surface area contributed by atoms with Gasteiger partial charge in [0, 0.05) is 19.7 Å². The molecule has 1 amide bonds. The summed E-state index contributed by atoms with van der Waals surface area (Å²) in [7, 11) is 3.39. The molecule has 0 aliphatic rings. The summed E-state index contributed by atoms with van der Waals surface area (Å²) in [4.78, 5) is 17.5. The molecule has 0 saturated carbocycles. The Bertz CT molecular complexity index is 530. The van der Waals surface area contributed by atoms with E-state index in [-0.39, 0.29) is 5.91 Å². The zero-order chi connectivity index (χ0) is 12.4. The fourth-order valence-electron chi connectivity index (χ4n) is 1.51. The summed E-state index contributed by atoms with van der Waals surface area (Å²) in [5.74, 6) is 0.879. The quantitative estimate of drug-likeness (QED) is 0.795. The molecular weight excluding hydrogens is 216 g/mol. The van der Waals surface area contributed by atoms with Crippen LogP contribution in [0.5, 0.6) is 0 Å². The van der Waals surface area contributed by atoms with Crippen LogP contribution in [0.3, 0.4) is 0 Å². The van der Waals surface area contributed by atoms with E-state index in [2.05, 4.69) is 4.98 Å². The standard InChI is InChI=1S/C13H14N2O2/c1-9-11(13(16)15(2)3)14-12(17-9)10-7-5-4-6-8-10/h4-8H,1-3H3. The topological polar surface area (TPSA) is 46.3 Å². The second kappa shape index (κ2) is 4.41. The minimum Gasteiger partial charge on any atom is -0.441 e. The minimum atomic E-state index is -0.145. The van der Waals surface area contributed by atoms with Gasteiger partial charge < -0.3 is 9.32 Å². The van der Waals surface area contributed by atoms with E-state index in [0.29, 0.717) is 17.3 Å². The molecule has 0 aliphatic carbocycles. The first kappa shape index (κ1) is 11.4. The van der Waals surface area contributed by atoms with Crippen molar-refractivity contribution >= 4 is 5.91 Å². The van der Waals surface area contributed by atoms with Crippen molar-refractivity contribution in [2.75, 3.05) is 14.1 Å². The highest BCUT2D eigenvalue weighted by Crippen LogP contribution is 2.21. The van der Waals surface area contributed by atoms with Gasteiger partial charge in [0.1, 0.15) is 5.76 Å².